The third kappa shape index (κ3) is 5.00. The summed E-state index contributed by atoms with van der Waals surface area (Å²) >= 11 is 0. The summed E-state index contributed by atoms with van der Waals surface area (Å²) in [6.07, 6.45) is 0. The van der Waals surface area contributed by atoms with Crippen molar-refractivity contribution in [2.24, 2.45) is 0 Å². The van der Waals surface area contributed by atoms with Gasteiger partial charge in [0.1, 0.15) is 5.69 Å². The highest BCUT2D eigenvalue weighted by Crippen LogP contribution is 2.04. The van der Waals surface area contributed by atoms with E-state index in [1.165, 1.54) is 16.8 Å². The molecule has 1 heterocycles. The summed E-state index contributed by atoms with van der Waals surface area (Å²) in [7, 11) is 0. The fraction of sp³-hybridized carbons (Fsp3) is 0.421. The van der Waals surface area contributed by atoms with Gasteiger partial charge in [-0.2, -0.15) is 9.78 Å². The van der Waals surface area contributed by atoms with Gasteiger partial charge >= 0.3 is 0 Å². The zero-order chi connectivity index (χ0) is 18.4. The molecule has 1 amide bonds. The van der Waals surface area contributed by atoms with Crippen LogP contribution < -0.4 is 10.9 Å². The maximum Gasteiger partial charge on any atom is 0.271 e. The van der Waals surface area contributed by atoms with Crippen LogP contribution in [0.25, 0.3) is 5.69 Å². The predicted octanol–water partition coefficient (Wildman–Crippen LogP) is 2.08. The van der Waals surface area contributed by atoms with Crippen LogP contribution in [0.5, 0.6) is 0 Å². The SMILES string of the molecule is CC(C)N(CCNC(=O)c1ccc(=O)n(-c2ccccc2)n1)C(C)C. The molecule has 0 unspecified atom stereocenters. The molecular formula is C19H26N4O2. The summed E-state index contributed by atoms with van der Waals surface area (Å²) in [6, 6.07) is 12.7. The number of para-hydroxylation sites is 1. The number of aromatic nitrogens is 2. The first-order valence-electron chi connectivity index (χ1n) is 8.60. The highest BCUT2D eigenvalue weighted by molar-refractivity contribution is 5.92. The van der Waals surface area contributed by atoms with Gasteiger partial charge in [0.05, 0.1) is 5.69 Å². The van der Waals surface area contributed by atoms with E-state index in [-0.39, 0.29) is 17.2 Å². The number of nitrogens with one attached hydrogen (secondary N) is 1. The first-order chi connectivity index (χ1) is 11.9. The maximum atomic E-state index is 12.4. The number of hydrogen-bond acceptors (Lipinski definition) is 4. The number of amides is 1. The van der Waals surface area contributed by atoms with Gasteiger partial charge in [-0.25, -0.2) is 0 Å². The number of carbonyl (C=O) groups is 1. The molecule has 2 rings (SSSR count). The van der Waals surface area contributed by atoms with Crippen LogP contribution in [0, 0.1) is 0 Å². The van der Waals surface area contributed by atoms with Gasteiger partial charge < -0.3 is 5.32 Å². The molecule has 0 aliphatic carbocycles. The standard InChI is InChI=1S/C19H26N4O2/c1-14(2)22(15(3)4)13-12-20-19(25)17-10-11-18(24)23(21-17)16-8-6-5-7-9-16/h5-11,14-15H,12-13H2,1-4H3,(H,20,25). The summed E-state index contributed by atoms with van der Waals surface area (Å²) < 4.78 is 1.24. The van der Waals surface area contributed by atoms with Crippen LogP contribution >= 0.6 is 0 Å². The lowest BCUT2D eigenvalue weighted by Crippen LogP contribution is -2.42. The highest BCUT2D eigenvalue weighted by Gasteiger charge is 2.14. The average Bonchev–Trinajstić information content (AvgIpc) is 2.59. The first kappa shape index (κ1) is 18.9. The Balaban J connectivity index is 2.07. The lowest BCUT2D eigenvalue weighted by atomic mass is 10.2. The molecule has 2 aromatic rings. The normalized spacial score (nSPS) is 11.3. The topological polar surface area (TPSA) is 67.2 Å². The van der Waals surface area contributed by atoms with E-state index >= 15 is 0 Å². The Labute approximate surface area is 148 Å². The van der Waals surface area contributed by atoms with Crippen molar-refractivity contribution in [3.05, 3.63) is 58.5 Å². The minimum absolute atomic E-state index is 0.226. The van der Waals surface area contributed by atoms with E-state index in [4.69, 9.17) is 0 Å². The molecule has 1 aromatic carbocycles. The summed E-state index contributed by atoms with van der Waals surface area (Å²) in [4.78, 5) is 26.7. The Bertz CT molecular complexity index is 746. The van der Waals surface area contributed by atoms with Gasteiger partial charge in [-0.15, -0.1) is 0 Å². The third-order valence-electron chi connectivity index (χ3n) is 4.02. The zero-order valence-electron chi connectivity index (χ0n) is 15.3. The minimum Gasteiger partial charge on any atom is -0.349 e. The Hall–Kier alpha value is -2.47. The molecule has 0 radical (unpaired) electrons. The summed E-state index contributed by atoms with van der Waals surface area (Å²) in [5, 5.41) is 7.07. The Morgan fingerprint density at radius 2 is 1.72 bits per heavy atom. The van der Waals surface area contributed by atoms with Crippen molar-refractivity contribution >= 4 is 5.91 Å². The number of nitrogens with zero attached hydrogens (tertiary/aromatic N) is 3. The molecule has 0 spiro atoms. The number of benzene rings is 1. The van der Waals surface area contributed by atoms with E-state index in [1.54, 1.807) is 12.1 Å². The average molecular weight is 342 g/mol. The van der Waals surface area contributed by atoms with Crippen LogP contribution in [-0.4, -0.2) is 45.8 Å². The molecule has 6 nitrogen and oxygen atoms in total. The quantitative estimate of drug-likeness (QED) is 0.836. The molecule has 1 aromatic heterocycles. The van der Waals surface area contributed by atoms with Gasteiger partial charge in [0.15, 0.2) is 0 Å². The second-order valence-electron chi connectivity index (χ2n) is 6.49. The fourth-order valence-corrected chi connectivity index (χ4v) is 2.79. The smallest absolute Gasteiger partial charge is 0.271 e. The molecule has 0 saturated carbocycles. The molecule has 6 heteroatoms. The van der Waals surface area contributed by atoms with Gasteiger partial charge in [0.2, 0.25) is 0 Å². The van der Waals surface area contributed by atoms with Crippen LogP contribution in [0.2, 0.25) is 0 Å². The Kier molecular flexibility index (Phi) is 6.47. The second-order valence-corrected chi connectivity index (χ2v) is 6.49. The van der Waals surface area contributed by atoms with E-state index in [0.717, 1.165) is 6.54 Å². The van der Waals surface area contributed by atoms with Gasteiger partial charge in [-0.05, 0) is 45.9 Å². The third-order valence-corrected chi connectivity index (χ3v) is 4.02. The van der Waals surface area contributed by atoms with Crippen molar-refractivity contribution in [2.45, 2.75) is 39.8 Å². The van der Waals surface area contributed by atoms with E-state index in [9.17, 15) is 9.59 Å². The molecular weight excluding hydrogens is 316 g/mol. The molecule has 0 aliphatic rings. The lowest BCUT2D eigenvalue weighted by molar-refractivity contribution is 0.0932. The van der Waals surface area contributed by atoms with Crippen LogP contribution in [-0.2, 0) is 0 Å². The molecule has 1 N–H and O–H groups in total. The van der Waals surface area contributed by atoms with Crippen LogP contribution in [0.4, 0.5) is 0 Å². The van der Waals surface area contributed by atoms with E-state index < -0.39 is 0 Å². The summed E-state index contributed by atoms with van der Waals surface area (Å²) in [5.41, 5.74) is 0.588. The van der Waals surface area contributed by atoms with Crippen molar-refractivity contribution in [3.63, 3.8) is 0 Å². The molecule has 0 bridgehead atoms. The second kappa shape index (κ2) is 8.58. The van der Waals surface area contributed by atoms with Gasteiger partial charge in [0, 0.05) is 31.2 Å². The van der Waals surface area contributed by atoms with E-state index in [0.29, 0.717) is 24.3 Å². The lowest BCUT2D eigenvalue weighted by Gasteiger charge is -2.30. The van der Waals surface area contributed by atoms with Crippen LogP contribution in [0.3, 0.4) is 0 Å². The predicted molar refractivity (Wildman–Crippen MR) is 99.1 cm³/mol. The van der Waals surface area contributed by atoms with E-state index in [1.807, 2.05) is 18.2 Å². The van der Waals surface area contributed by atoms with Crippen molar-refractivity contribution in [2.75, 3.05) is 13.1 Å². The van der Waals surface area contributed by atoms with Crippen molar-refractivity contribution < 1.29 is 4.79 Å². The number of carbonyl (C=O) groups excluding carboxylic acids is 1. The molecule has 25 heavy (non-hydrogen) atoms. The fourth-order valence-electron chi connectivity index (χ4n) is 2.79. The van der Waals surface area contributed by atoms with Crippen molar-refractivity contribution in [1.29, 1.82) is 0 Å². The number of rotatable bonds is 7. The zero-order valence-corrected chi connectivity index (χ0v) is 15.3. The van der Waals surface area contributed by atoms with Gasteiger partial charge in [-0.3, -0.25) is 14.5 Å². The number of hydrogen-bond donors (Lipinski definition) is 1. The maximum absolute atomic E-state index is 12.4. The van der Waals surface area contributed by atoms with Crippen LogP contribution in [0.15, 0.2) is 47.3 Å². The summed E-state index contributed by atoms with van der Waals surface area (Å²) in [5.74, 6) is -0.280. The molecule has 134 valence electrons. The van der Waals surface area contributed by atoms with Crippen molar-refractivity contribution in [1.82, 2.24) is 20.0 Å². The highest BCUT2D eigenvalue weighted by atomic mass is 16.2. The largest absolute Gasteiger partial charge is 0.349 e. The van der Waals surface area contributed by atoms with Crippen molar-refractivity contribution in [3.8, 4) is 5.69 Å². The molecule has 0 atom stereocenters. The van der Waals surface area contributed by atoms with Gasteiger partial charge in [0.25, 0.3) is 11.5 Å². The Morgan fingerprint density at radius 1 is 1.08 bits per heavy atom. The van der Waals surface area contributed by atoms with Gasteiger partial charge in [-0.1, -0.05) is 18.2 Å². The molecule has 0 fully saturated rings. The van der Waals surface area contributed by atoms with E-state index in [2.05, 4.69) is 43.0 Å². The monoisotopic (exact) mass is 342 g/mol. The Morgan fingerprint density at radius 3 is 2.32 bits per heavy atom. The minimum atomic E-state index is -0.280. The summed E-state index contributed by atoms with van der Waals surface area (Å²) in [6.45, 7) is 9.84. The van der Waals surface area contributed by atoms with Crippen LogP contribution in [0.1, 0.15) is 38.2 Å². The molecule has 0 saturated heterocycles. The first-order valence-corrected chi connectivity index (χ1v) is 8.60. The molecule has 0 aliphatic heterocycles.